The second-order valence-electron chi connectivity index (χ2n) is 8.52. The van der Waals surface area contributed by atoms with Crippen LogP contribution in [0.4, 0.5) is 0 Å². The highest BCUT2D eigenvalue weighted by atomic mass is 32.2. The van der Waals surface area contributed by atoms with Gasteiger partial charge in [-0.15, -0.1) is 0 Å². The molecule has 32 heavy (non-hydrogen) atoms. The number of aromatic nitrogens is 1. The first-order valence-electron chi connectivity index (χ1n) is 10.9. The number of carbonyl (C=O) groups excluding carboxylic acids is 1. The topological polar surface area (TPSA) is 42.3 Å². The zero-order valence-corrected chi connectivity index (χ0v) is 19.3. The third-order valence-electron chi connectivity index (χ3n) is 6.38. The van der Waals surface area contributed by atoms with Gasteiger partial charge in [-0.2, -0.15) is 0 Å². The number of carbonyl (C=O) groups is 1. The molecule has 5 rings (SSSR count). The van der Waals surface area contributed by atoms with Crippen molar-refractivity contribution in [3.8, 4) is 11.1 Å². The lowest BCUT2D eigenvalue weighted by Crippen LogP contribution is -2.48. The number of hydrogen-bond donors (Lipinski definition) is 0. The lowest BCUT2D eigenvalue weighted by atomic mass is 9.83. The molecule has 2 aliphatic heterocycles. The van der Waals surface area contributed by atoms with Gasteiger partial charge in [-0.3, -0.25) is 9.59 Å². The first-order valence-corrected chi connectivity index (χ1v) is 12.3. The van der Waals surface area contributed by atoms with E-state index in [0.717, 1.165) is 47.2 Å². The molecular formula is C26H24N2O2S2. The van der Waals surface area contributed by atoms with E-state index in [4.69, 9.17) is 12.2 Å². The molecule has 1 fully saturated rings. The SMILES string of the molecule is O=C(CSC(=S)N1C[C@@H]2C[C@@H](C1)c1cccc(=O)n1C2)c1ccc(-c2ccccc2)cc1. The molecule has 1 saturated heterocycles. The number of piperidine rings is 1. The van der Waals surface area contributed by atoms with Gasteiger partial charge in [-0.1, -0.05) is 84.6 Å². The molecule has 3 aromatic rings. The molecule has 2 bridgehead atoms. The van der Waals surface area contributed by atoms with E-state index in [9.17, 15) is 9.59 Å². The molecule has 0 saturated carbocycles. The molecule has 1 aromatic heterocycles. The van der Waals surface area contributed by atoms with Gasteiger partial charge in [0.05, 0.1) is 5.75 Å². The highest BCUT2D eigenvalue weighted by Gasteiger charge is 2.35. The van der Waals surface area contributed by atoms with Gasteiger partial charge < -0.3 is 9.47 Å². The van der Waals surface area contributed by atoms with Crippen molar-refractivity contribution < 1.29 is 4.79 Å². The molecule has 162 valence electrons. The van der Waals surface area contributed by atoms with Crippen LogP contribution in [0.25, 0.3) is 11.1 Å². The van der Waals surface area contributed by atoms with Crippen molar-refractivity contribution >= 4 is 34.1 Å². The Morgan fingerprint density at radius 1 is 0.906 bits per heavy atom. The summed E-state index contributed by atoms with van der Waals surface area (Å²) < 4.78 is 2.70. The van der Waals surface area contributed by atoms with Gasteiger partial charge in [0.15, 0.2) is 5.78 Å². The van der Waals surface area contributed by atoms with Crippen LogP contribution in [-0.2, 0) is 6.54 Å². The Morgan fingerprint density at radius 2 is 1.66 bits per heavy atom. The van der Waals surface area contributed by atoms with Crippen LogP contribution in [0.15, 0.2) is 77.6 Å². The molecule has 6 heteroatoms. The number of rotatable bonds is 4. The first kappa shape index (κ1) is 21.2. The summed E-state index contributed by atoms with van der Waals surface area (Å²) in [5, 5.41) is 0. The molecule has 0 N–H and O–H groups in total. The summed E-state index contributed by atoms with van der Waals surface area (Å²) in [5.41, 5.74) is 4.15. The number of likely N-dealkylation sites (tertiary alicyclic amines) is 1. The smallest absolute Gasteiger partial charge is 0.250 e. The maximum atomic E-state index is 12.7. The Morgan fingerprint density at radius 3 is 2.44 bits per heavy atom. The molecule has 0 aliphatic carbocycles. The molecule has 4 nitrogen and oxygen atoms in total. The predicted octanol–water partition coefficient (Wildman–Crippen LogP) is 4.84. The summed E-state index contributed by atoms with van der Waals surface area (Å²) >= 11 is 7.15. The first-order chi connectivity index (χ1) is 15.6. The Kier molecular flexibility index (Phi) is 5.98. The molecule has 3 heterocycles. The summed E-state index contributed by atoms with van der Waals surface area (Å²) in [6, 6.07) is 23.5. The summed E-state index contributed by atoms with van der Waals surface area (Å²) in [5.74, 6) is 1.16. The minimum absolute atomic E-state index is 0.0889. The number of thiocarbonyl (C=S) groups is 1. The quantitative estimate of drug-likeness (QED) is 0.412. The highest BCUT2D eigenvalue weighted by Crippen LogP contribution is 2.36. The largest absolute Gasteiger partial charge is 0.356 e. The van der Waals surface area contributed by atoms with E-state index in [0.29, 0.717) is 23.2 Å². The Hall–Kier alpha value is -2.70. The minimum Gasteiger partial charge on any atom is -0.356 e. The van der Waals surface area contributed by atoms with Crippen LogP contribution in [0.1, 0.15) is 28.4 Å². The van der Waals surface area contributed by atoms with Crippen molar-refractivity contribution in [2.45, 2.75) is 18.9 Å². The summed E-state index contributed by atoms with van der Waals surface area (Å²) in [6.45, 7) is 2.41. The fourth-order valence-electron chi connectivity index (χ4n) is 4.83. The van der Waals surface area contributed by atoms with E-state index in [2.05, 4.69) is 23.1 Å². The maximum Gasteiger partial charge on any atom is 0.250 e. The van der Waals surface area contributed by atoms with Crippen LogP contribution in [-0.4, -0.2) is 38.4 Å². The normalized spacial score (nSPS) is 19.3. The molecule has 0 spiro atoms. The number of ketones is 1. The fourth-order valence-corrected chi connectivity index (χ4v) is 5.91. The zero-order valence-electron chi connectivity index (χ0n) is 17.6. The average Bonchev–Trinajstić information content (AvgIpc) is 2.83. The van der Waals surface area contributed by atoms with Gasteiger partial charge in [-0.05, 0) is 29.5 Å². The van der Waals surface area contributed by atoms with E-state index >= 15 is 0 Å². The minimum atomic E-state index is 0.0889. The van der Waals surface area contributed by atoms with Crippen molar-refractivity contribution in [1.29, 1.82) is 0 Å². The van der Waals surface area contributed by atoms with Crippen LogP contribution < -0.4 is 5.56 Å². The van der Waals surface area contributed by atoms with Crippen molar-refractivity contribution in [3.05, 3.63) is 94.4 Å². The van der Waals surface area contributed by atoms with Gasteiger partial charge in [0, 0.05) is 42.9 Å². The van der Waals surface area contributed by atoms with Crippen LogP contribution in [0, 0.1) is 5.92 Å². The summed E-state index contributed by atoms with van der Waals surface area (Å²) in [4.78, 5) is 27.2. The number of hydrogen-bond acceptors (Lipinski definition) is 4. The van der Waals surface area contributed by atoms with Gasteiger partial charge in [0.25, 0.3) is 5.56 Å². The van der Waals surface area contributed by atoms with Crippen LogP contribution in [0.3, 0.4) is 0 Å². The van der Waals surface area contributed by atoms with E-state index in [1.165, 1.54) is 11.8 Å². The molecular weight excluding hydrogens is 436 g/mol. The van der Waals surface area contributed by atoms with Crippen molar-refractivity contribution in [2.24, 2.45) is 5.92 Å². The van der Waals surface area contributed by atoms with Crippen LogP contribution in [0.2, 0.25) is 0 Å². The third-order valence-corrected chi connectivity index (χ3v) is 7.90. The molecule has 0 amide bonds. The number of nitrogens with zero attached hydrogens (tertiary/aromatic N) is 2. The second-order valence-corrected chi connectivity index (χ2v) is 10.1. The van der Waals surface area contributed by atoms with E-state index in [1.54, 1.807) is 6.07 Å². The predicted molar refractivity (Wildman–Crippen MR) is 134 cm³/mol. The van der Waals surface area contributed by atoms with Crippen molar-refractivity contribution in [2.75, 3.05) is 18.8 Å². The van der Waals surface area contributed by atoms with E-state index in [1.807, 2.05) is 53.1 Å². The van der Waals surface area contributed by atoms with Crippen molar-refractivity contribution in [1.82, 2.24) is 9.47 Å². The monoisotopic (exact) mass is 460 g/mol. The Balaban J connectivity index is 1.20. The Bertz CT molecular complexity index is 1200. The van der Waals surface area contributed by atoms with Crippen LogP contribution >= 0.6 is 24.0 Å². The van der Waals surface area contributed by atoms with Crippen LogP contribution in [0.5, 0.6) is 0 Å². The highest BCUT2D eigenvalue weighted by molar-refractivity contribution is 8.23. The van der Waals surface area contributed by atoms with E-state index in [-0.39, 0.29) is 11.3 Å². The molecule has 0 radical (unpaired) electrons. The third kappa shape index (κ3) is 4.30. The van der Waals surface area contributed by atoms with E-state index < -0.39 is 0 Å². The van der Waals surface area contributed by atoms with Gasteiger partial charge in [0.1, 0.15) is 4.32 Å². The number of fused-ring (bicyclic) bond motifs is 4. The summed E-state index contributed by atoms with van der Waals surface area (Å²) in [7, 11) is 0. The number of thioether (sulfide) groups is 1. The zero-order chi connectivity index (χ0) is 22.1. The summed E-state index contributed by atoms with van der Waals surface area (Å²) in [6.07, 6.45) is 1.10. The fraction of sp³-hybridized carbons (Fsp3) is 0.269. The second kappa shape index (κ2) is 9.04. The van der Waals surface area contributed by atoms with Gasteiger partial charge >= 0.3 is 0 Å². The lowest BCUT2D eigenvalue weighted by Gasteiger charge is -2.43. The van der Waals surface area contributed by atoms with Crippen molar-refractivity contribution in [3.63, 3.8) is 0 Å². The maximum absolute atomic E-state index is 12.7. The molecule has 2 atom stereocenters. The Labute approximate surface area is 197 Å². The lowest BCUT2D eigenvalue weighted by molar-refractivity contribution is 0.102. The number of benzene rings is 2. The van der Waals surface area contributed by atoms with Gasteiger partial charge in [-0.25, -0.2) is 0 Å². The standard InChI is InChI=1S/C26H24N2O2S2/c29-24(21-11-9-20(10-12-21)19-5-2-1-3-6-19)17-32-26(31)27-14-18-13-22(16-27)23-7-4-8-25(30)28(23)15-18/h1-12,18,22H,13-17H2/t18-,22-/m0/s1. The molecule has 0 unspecified atom stereocenters. The average molecular weight is 461 g/mol. The van der Waals surface area contributed by atoms with Gasteiger partial charge in [0.2, 0.25) is 0 Å². The molecule has 2 aromatic carbocycles. The number of Topliss-reactive ketones (excluding diaryl/α,β-unsaturated/α-hetero) is 1. The molecule has 2 aliphatic rings. The number of pyridine rings is 1.